The van der Waals surface area contributed by atoms with Crippen molar-refractivity contribution in [2.75, 3.05) is 38.3 Å². The lowest BCUT2D eigenvalue weighted by molar-refractivity contribution is -0.114. The van der Waals surface area contributed by atoms with Gasteiger partial charge in [0.1, 0.15) is 17.0 Å². The van der Waals surface area contributed by atoms with E-state index in [1.165, 1.54) is 32.2 Å². The molecule has 9 heteroatoms. The van der Waals surface area contributed by atoms with Crippen molar-refractivity contribution < 1.29 is 14.3 Å². The summed E-state index contributed by atoms with van der Waals surface area (Å²) < 4.78 is 7.25. The summed E-state index contributed by atoms with van der Waals surface area (Å²) in [5, 5.41) is 0. The number of nitrogens with zero attached hydrogens (tertiary/aromatic N) is 4. The van der Waals surface area contributed by atoms with Crippen molar-refractivity contribution >= 4 is 17.5 Å². The van der Waals surface area contributed by atoms with E-state index in [1.54, 1.807) is 0 Å². The number of hydrogen-bond donors (Lipinski definition) is 0. The summed E-state index contributed by atoms with van der Waals surface area (Å²) in [6.45, 7) is 2.14. The third-order valence-corrected chi connectivity index (χ3v) is 4.32. The molecule has 0 aliphatic carbocycles. The second kappa shape index (κ2) is 5.75. The van der Waals surface area contributed by atoms with Gasteiger partial charge in [-0.05, 0) is 0 Å². The number of amides is 1. The molecule has 1 amide bonds. The molecule has 1 saturated heterocycles. The topological polar surface area (TPSA) is 93.8 Å². The molecule has 3 rings (SSSR count). The fourth-order valence-electron chi connectivity index (χ4n) is 2.94. The fraction of sp³-hybridized carbons (Fsp3) is 0.467. The SMILES string of the molecule is CN1C(=O)/C(=C\N2CCOCC2)C(=O)c2c1n(C)c(=O)n(C)c2=O. The van der Waals surface area contributed by atoms with Crippen LogP contribution in [-0.4, -0.2) is 59.1 Å². The van der Waals surface area contributed by atoms with Crippen LogP contribution in [0.3, 0.4) is 0 Å². The highest BCUT2D eigenvalue weighted by Gasteiger charge is 2.38. The quantitative estimate of drug-likeness (QED) is 0.456. The number of rotatable bonds is 1. The number of ether oxygens (including phenoxy) is 1. The van der Waals surface area contributed by atoms with Crippen LogP contribution in [0.15, 0.2) is 21.4 Å². The maximum Gasteiger partial charge on any atom is 0.332 e. The molecule has 1 aromatic rings. The summed E-state index contributed by atoms with van der Waals surface area (Å²) in [5.41, 5.74) is -1.54. The largest absolute Gasteiger partial charge is 0.378 e. The number of hydrogen-bond acceptors (Lipinski definition) is 6. The van der Waals surface area contributed by atoms with E-state index in [1.807, 2.05) is 4.90 Å². The normalized spacial score (nSPS) is 19.9. The summed E-state index contributed by atoms with van der Waals surface area (Å²) in [4.78, 5) is 52.8. The summed E-state index contributed by atoms with van der Waals surface area (Å²) in [5.74, 6) is -1.17. The molecule has 3 heterocycles. The van der Waals surface area contributed by atoms with Gasteiger partial charge in [0.25, 0.3) is 11.5 Å². The summed E-state index contributed by atoms with van der Waals surface area (Å²) >= 11 is 0. The highest BCUT2D eigenvalue weighted by atomic mass is 16.5. The first kappa shape index (κ1) is 16.2. The summed E-state index contributed by atoms with van der Waals surface area (Å²) in [6, 6.07) is 0. The smallest absolute Gasteiger partial charge is 0.332 e. The standard InChI is InChI=1S/C15H18N4O5/c1-16-12-10(14(22)18(3)15(23)17(12)2)11(20)9(13(16)21)8-19-4-6-24-7-5-19/h8H,4-7H2,1-3H3/b9-8-. The maximum atomic E-state index is 12.8. The number of aromatic nitrogens is 2. The second-order valence-electron chi connectivity index (χ2n) is 5.79. The van der Waals surface area contributed by atoms with Crippen LogP contribution in [-0.2, 0) is 23.6 Å². The van der Waals surface area contributed by atoms with Crippen molar-refractivity contribution in [1.29, 1.82) is 0 Å². The third-order valence-electron chi connectivity index (χ3n) is 4.32. The molecular formula is C15H18N4O5. The van der Waals surface area contributed by atoms with Crippen LogP contribution in [0, 0.1) is 0 Å². The molecule has 24 heavy (non-hydrogen) atoms. The Labute approximate surface area is 137 Å². The van der Waals surface area contributed by atoms with Crippen LogP contribution in [0.1, 0.15) is 10.4 Å². The zero-order chi connectivity index (χ0) is 17.6. The Bertz CT molecular complexity index is 873. The van der Waals surface area contributed by atoms with Crippen molar-refractivity contribution in [3.63, 3.8) is 0 Å². The zero-order valence-electron chi connectivity index (χ0n) is 13.7. The lowest BCUT2D eigenvalue weighted by Crippen LogP contribution is -2.49. The predicted molar refractivity (Wildman–Crippen MR) is 85.1 cm³/mol. The van der Waals surface area contributed by atoms with Crippen LogP contribution in [0.4, 0.5) is 5.82 Å². The number of Topliss-reactive ketones (excluding diaryl/α,β-unsaturated/α-hetero) is 1. The van der Waals surface area contributed by atoms with Crippen LogP contribution >= 0.6 is 0 Å². The van der Waals surface area contributed by atoms with E-state index in [4.69, 9.17) is 4.74 Å². The third kappa shape index (κ3) is 2.28. The van der Waals surface area contributed by atoms with Gasteiger partial charge in [0.05, 0.1) is 13.2 Å². The molecule has 1 fully saturated rings. The second-order valence-corrected chi connectivity index (χ2v) is 5.79. The van der Waals surface area contributed by atoms with Gasteiger partial charge in [-0.3, -0.25) is 28.4 Å². The molecule has 0 aromatic carbocycles. The first-order chi connectivity index (χ1) is 11.3. The molecule has 2 aliphatic heterocycles. The number of carbonyl (C=O) groups is 2. The molecule has 1 aromatic heterocycles. The van der Waals surface area contributed by atoms with Gasteiger partial charge in [-0.2, -0.15) is 0 Å². The lowest BCUT2D eigenvalue weighted by Gasteiger charge is -2.30. The van der Waals surface area contributed by atoms with E-state index in [2.05, 4.69) is 0 Å². The Kier molecular flexibility index (Phi) is 3.88. The molecule has 9 nitrogen and oxygen atoms in total. The molecule has 0 unspecified atom stereocenters. The molecular weight excluding hydrogens is 316 g/mol. The number of morpholine rings is 1. The van der Waals surface area contributed by atoms with E-state index < -0.39 is 22.9 Å². The van der Waals surface area contributed by atoms with Crippen molar-refractivity contribution in [1.82, 2.24) is 14.0 Å². The van der Waals surface area contributed by atoms with Gasteiger partial charge < -0.3 is 9.64 Å². The van der Waals surface area contributed by atoms with Crippen molar-refractivity contribution in [3.8, 4) is 0 Å². The van der Waals surface area contributed by atoms with Gasteiger partial charge in [0.2, 0.25) is 5.78 Å². The van der Waals surface area contributed by atoms with E-state index >= 15 is 0 Å². The minimum Gasteiger partial charge on any atom is -0.378 e. The van der Waals surface area contributed by atoms with Gasteiger partial charge in [0.15, 0.2) is 0 Å². The molecule has 0 N–H and O–H groups in total. The minimum atomic E-state index is -0.703. The van der Waals surface area contributed by atoms with Crippen LogP contribution in [0.25, 0.3) is 0 Å². The van der Waals surface area contributed by atoms with Crippen molar-refractivity contribution in [2.45, 2.75) is 0 Å². The van der Waals surface area contributed by atoms with E-state index in [0.29, 0.717) is 26.3 Å². The Morgan fingerprint density at radius 2 is 1.58 bits per heavy atom. The lowest BCUT2D eigenvalue weighted by atomic mass is 9.99. The van der Waals surface area contributed by atoms with E-state index in [0.717, 1.165) is 9.13 Å². The molecule has 0 saturated carbocycles. The van der Waals surface area contributed by atoms with Gasteiger partial charge >= 0.3 is 5.69 Å². The highest BCUT2D eigenvalue weighted by Crippen LogP contribution is 2.25. The first-order valence-corrected chi connectivity index (χ1v) is 7.51. The first-order valence-electron chi connectivity index (χ1n) is 7.51. The monoisotopic (exact) mass is 334 g/mol. The van der Waals surface area contributed by atoms with Crippen LogP contribution in [0.2, 0.25) is 0 Å². The van der Waals surface area contributed by atoms with Crippen molar-refractivity contribution in [3.05, 3.63) is 38.2 Å². The van der Waals surface area contributed by atoms with Crippen LogP contribution in [0.5, 0.6) is 0 Å². The van der Waals surface area contributed by atoms with Gasteiger partial charge in [-0.15, -0.1) is 0 Å². The van der Waals surface area contributed by atoms with Gasteiger partial charge in [-0.1, -0.05) is 0 Å². The highest BCUT2D eigenvalue weighted by molar-refractivity contribution is 6.34. The Morgan fingerprint density at radius 3 is 2.21 bits per heavy atom. The molecule has 0 atom stereocenters. The number of ketones is 1. The van der Waals surface area contributed by atoms with Crippen LogP contribution < -0.4 is 16.1 Å². The zero-order valence-corrected chi connectivity index (χ0v) is 13.7. The minimum absolute atomic E-state index is 0.0252. The number of likely N-dealkylation sites (N-methyl/N-ethyl adjacent to an activating group) is 1. The fourth-order valence-corrected chi connectivity index (χ4v) is 2.94. The average molecular weight is 334 g/mol. The summed E-state index contributed by atoms with van der Waals surface area (Å²) in [6.07, 6.45) is 1.48. The maximum absolute atomic E-state index is 12.8. The van der Waals surface area contributed by atoms with Crippen molar-refractivity contribution in [2.24, 2.45) is 14.1 Å². The van der Waals surface area contributed by atoms with E-state index in [9.17, 15) is 19.2 Å². The molecule has 0 bridgehead atoms. The Hall–Kier alpha value is -2.68. The molecule has 2 aliphatic rings. The molecule has 0 spiro atoms. The molecule has 128 valence electrons. The Morgan fingerprint density at radius 1 is 0.958 bits per heavy atom. The number of fused-ring (bicyclic) bond motifs is 1. The number of anilines is 1. The van der Waals surface area contributed by atoms with E-state index in [-0.39, 0.29) is 17.0 Å². The van der Waals surface area contributed by atoms with Gasteiger partial charge in [-0.25, -0.2) is 4.79 Å². The summed E-state index contributed by atoms with van der Waals surface area (Å²) in [7, 11) is 4.17. The molecule has 0 radical (unpaired) electrons. The predicted octanol–water partition coefficient (Wildman–Crippen LogP) is -1.54. The Balaban J connectivity index is 2.19. The van der Waals surface area contributed by atoms with Gasteiger partial charge in [0, 0.05) is 40.4 Å². The number of carbonyl (C=O) groups excluding carboxylic acids is 2. The average Bonchev–Trinajstić information content (AvgIpc) is 2.59.